The summed E-state index contributed by atoms with van der Waals surface area (Å²) < 4.78 is 10.8. The van der Waals surface area contributed by atoms with Crippen molar-refractivity contribution in [1.29, 1.82) is 0 Å². The summed E-state index contributed by atoms with van der Waals surface area (Å²) in [7, 11) is 0. The molecule has 0 aliphatic heterocycles. The first-order valence-corrected chi connectivity index (χ1v) is 8.45. The predicted octanol–water partition coefficient (Wildman–Crippen LogP) is 3.98. The molecule has 0 radical (unpaired) electrons. The molecule has 4 rings (SSSR count). The van der Waals surface area contributed by atoms with Crippen LogP contribution < -0.4 is 5.32 Å². The number of benzene rings is 2. The molecule has 0 saturated carbocycles. The Morgan fingerprint density at radius 3 is 2.56 bits per heavy atom. The van der Waals surface area contributed by atoms with E-state index in [1.54, 1.807) is 30.3 Å². The summed E-state index contributed by atoms with van der Waals surface area (Å²) in [4.78, 5) is 12.2. The molecule has 0 unspecified atom stereocenters. The van der Waals surface area contributed by atoms with Crippen molar-refractivity contribution < 1.29 is 13.7 Å². The smallest absolute Gasteiger partial charge is 0.273 e. The molecule has 0 spiro atoms. The van der Waals surface area contributed by atoms with Gasteiger partial charge in [0.25, 0.3) is 5.91 Å². The number of carbonyl (C=O) groups excluding carboxylic acids is 1. The van der Waals surface area contributed by atoms with Crippen molar-refractivity contribution >= 4 is 17.5 Å². The van der Waals surface area contributed by atoms with Crippen LogP contribution in [0.3, 0.4) is 0 Å². The van der Waals surface area contributed by atoms with Crippen molar-refractivity contribution in [3.8, 4) is 22.8 Å². The quantitative estimate of drug-likeness (QED) is 0.563. The Bertz CT molecular complexity index is 1060. The number of halogens is 1. The fraction of sp³-hybridized carbons (Fsp3) is 0.0526. The van der Waals surface area contributed by atoms with Gasteiger partial charge in [-0.3, -0.25) is 4.79 Å². The van der Waals surface area contributed by atoms with Gasteiger partial charge in [0.1, 0.15) is 0 Å². The molecule has 2 aromatic carbocycles. The fourth-order valence-electron chi connectivity index (χ4n) is 2.40. The molecule has 7 nitrogen and oxygen atoms in total. The second kappa shape index (κ2) is 7.43. The molecule has 2 heterocycles. The van der Waals surface area contributed by atoms with Crippen molar-refractivity contribution in [2.24, 2.45) is 0 Å². The number of nitrogens with zero attached hydrogens (tertiary/aromatic N) is 3. The molecular formula is C19H13ClN4O3. The zero-order valence-corrected chi connectivity index (χ0v) is 14.7. The summed E-state index contributed by atoms with van der Waals surface area (Å²) in [5.74, 6) is 0.759. The van der Waals surface area contributed by atoms with E-state index >= 15 is 0 Å². The van der Waals surface area contributed by atoms with E-state index in [1.807, 2.05) is 30.3 Å². The minimum absolute atomic E-state index is 0.0851. The highest BCUT2D eigenvalue weighted by Crippen LogP contribution is 2.22. The van der Waals surface area contributed by atoms with Crippen LogP contribution in [0.4, 0.5) is 0 Å². The van der Waals surface area contributed by atoms with Gasteiger partial charge in [0, 0.05) is 22.2 Å². The second-order valence-electron chi connectivity index (χ2n) is 5.63. The Balaban J connectivity index is 1.40. The minimum atomic E-state index is -0.404. The predicted molar refractivity (Wildman–Crippen MR) is 97.9 cm³/mol. The van der Waals surface area contributed by atoms with E-state index in [9.17, 15) is 4.79 Å². The van der Waals surface area contributed by atoms with Gasteiger partial charge in [-0.05, 0) is 36.4 Å². The molecule has 27 heavy (non-hydrogen) atoms. The Morgan fingerprint density at radius 2 is 1.78 bits per heavy atom. The molecule has 4 aromatic rings. The van der Waals surface area contributed by atoms with Crippen LogP contribution in [0.25, 0.3) is 22.8 Å². The van der Waals surface area contributed by atoms with Crippen molar-refractivity contribution in [1.82, 2.24) is 20.7 Å². The van der Waals surface area contributed by atoms with Gasteiger partial charge in [-0.2, -0.15) is 0 Å². The van der Waals surface area contributed by atoms with Gasteiger partial charge in [0.05, 0.1) is 6.54 Å². The highest BCUT2D eigenvalue weighted by molar-refractivity contribution is 6.30. The lowest BCUT2D eigenvalue weighted by atomic mass is 10.1. The van der Waals surface area contributed by atoms with Gasteiger partial charge in [-0.15, -0.1) is 10.2 Å². The number of amides is 1. The van der Waals surface area contributed by atoms with Gasteiger partial charge in [0.2, 0.25) is 11.8 Å². The summed E-state index contributed by atoms with van der Waals surface area (Å²) >= 11 is 5.86. The summed E-state index contributed by atoms with van der Waals surface area (Å²) in [6.07, 6.45) is 0. The Labute approximate surface area is 159 Å². The van der Waals surface area contributed by atoms with E-state index in [1.165, 1.54) is 0 Å². The number of carbonyl (C=O) groups is 1. The maximum absolute atomic E-state index is 12.2. The van der Waals surface area contributed by atoms with Crippen LogP contribution in [-0.2, 0) is 6.54 Å². The minimum Gasteiger partial charge on any atom is -0.419 e. The molecule has 0 fully saturated rings. The van der Waals surface area contributed by atoms with E-state index in [0.29, 0.717) is 22.6 Å². The van der Waals surface area contributed by atoms with Crippen LogP contribution in [0, 0.1) is 0 Å². The van der Waals surface area contributed by atoms with E-state index in [0.717, 1.165) is 11.1 Å². The molecular weight excluding hydrogens is 368 g/mol. The molecule has 134 valence electrons. The maximum atomic E-state index is 12.2. The average molecular weight is 381 g/mol. The third-order valence-electron chi connectivity index (χ3n) is 3.76. The number of nitrogens with one attached hydrogen (secondary N) is 1. The number of hydrogen-bond acceptors (Lipinski definition) is 6. The van der Waals surface area contributed by atoms with E-state index in [4.69, 9.17) is 20.5 Å². The van der Waals surface area contributed by atoms with Crippen LogP contribution in [0.5, 0.6) is 0 Å². The standard InChI is InChI=1S/C19H13ClN4O3/c20-14-8-6-12(7-9-14)16-10-15(24-27-16)18(25)21-11-17-22-23-19(26-17)13-4-2-1-3-5-13/h1-10H,11H2,(H,21,25). The number of hydrogen-bond donors (Lipinski definition) is 1. The molecule has 2 aromatic heterocycles. The van der Waals surface area contributed by atoms with Crippen LogP contribution in [0.15, 0.2) is 69.6 Å². The number of rotatable bonds is 5. The Morgan fingerprint density at radius 1 is 1.00 bits per heavy atom. The van der Waals surface area contributed by atoms with E-state index < -0.39 is 5.91 Å². The highest BCUT2D eigenvalue weighted by atomic mass is 35.5. The summed E-state index contributed by atoms with van der Waals surface area (Å²) in [6.45, 7) is 0.0851. The largest absolute Gasteiger partial charge is 0.419 e. The maximum Gasteiger partial charge on any atom is 0.273 e. The lowest BCUT2D eigenvalue weighted by Crippen LogP contribution is -2.23. The molecule has 1 amide bonds. The zero-order valence-electron chi connectivity index (χ0n) is 13.9. The first kappa shape index (κ1) is 17.0. The Hall–Kier alpha value is -3.45. The van der Waals surface area contributed by atoms with Gasteiger partial charge < -0.3 is 14.3 Å². The van der Waals surface area contributed by atoms with Crippen molar-refractivity contribution in [3.05, 3.63) is 77.3 Å². The third-order valence-corrected chi connectivity index (χ3v) is 4.01. The van der Waals surface area contributed by atoms with Crippen LogP contribution in [0.1, 0.15) is 16.4 Å². The third kappa shape index (κ3) is 3.88. The molecule has 0 saturated heterocycles. The summed E-state index contributed by atoms with van der Waals surface area (Å²) in [5.41, 5.74) is 1.74. The second-order valence-corrected chi connectivity index (χ2v) is 6.07. The average Bonchev–Trinajstić information content (AvgIpc) is 3.37. The fourth-order valence-corrected chi connectivity index (χ4v) is 2.53. The summed E-state index contributed by atoms with van der Waals surface area (Å²) in [5, 5.41) is 15.0. The summed E-state index contributed by atoms with van der Waals surface area (Å²) in [6, 6.07) is 18.0. The molecule has 0 atom stereocenters. The van der Waals surface area contributed by atoms with Crippen LogP contribution >= 0.6 is 11.6 Å². The monoisotopic (exact) mass is 380 g/mol. The normalized spacial score (nSPS) is 10.7. The van der Waals surface area contributed by atoms with Crippen LogP contribution in [-0.4, -0.2) is 21.3 Å². The molecule has 0 aliphatic carbocycles. The van der Waals surface area contributed by atoms with Gasteiger partial charge in [-0.1, -0.05) is 35.0 Å². The molecule has 8 heteroatoms. The van der Waals surface area contributed by atoms with Gasteiger partial charge in [-0.25, -0.2) is 0 Å². The van der Waals surface area contributed by atoms with E-state index in [2.05, 4.69) is 20.7 Å². The van der Waals surface area contributed by atoms with Gasteiger partial charge >= 0.3 is 0 Å². The van der Waals surface area contributed by atoms with E-state index in [-0.39, 0.29) is 12.2 Å². The van der Waals surface area contributed by atoms with Gasteiger partial charge in [0.15, 0.2) is 11.5 Å². The Kier molecular flexibility index (Phi) is 4.67. The molecule has 0 bridgehead atoms. The lowest BCUT2D eigenvalue weighted by Gasteiger charge is -1.98. The molecule has 1 N–H and O–H groups in total. The molecule has 0 aliphatic rings. The van der Waals surface area contributed by atoms with Crippen molar-refractivity contribution in [2.45, 2.75) is 6.54 Å². The highest BCUT2D eigenvalue weighted by Gasteiger charge is 2.15. The first-order valence-electron chi connectivity index (χ1n) is 8.08. The van der Waals surface area contributed by atoms with Crippen molar-refractivity contribution in [3.63, 3.8) is 0 Å². The van der Waals surface area contributed by atoms with Crippen molar-refractivity contribution in [2.75, 3.05) is 0 Å². The number of aromatic nitrogens is 3. The topological polar surface area (TPSA) is 94.1 Å². The lowest BCUT2D eigenvalue weighted by molar-refractivity contribution is 0.0938. The SMILES string of the molecule is O=C(NCc1nnc(-c2ccccc2)o1)c1cc(-c2ccc(Cl)cc2)on1. The zero-order chi connectivity index (χ0) is 18.6. The first-order chi connectivity index (χ1) is 13.2. The van der Waals surface area contributed by atoms with Crippen LogP contribution in [0.2, 0.25) is 5.02 Å².